The monoisotopic (exact) mass is 289 g/mol. The van der Waals surface area contributed by atoms with Crippen molar-refractivity contribution >= 4 is 17.9 Å². The molecule has 1 aromatic rings. The van der Waals surface area contributed by atoms with Crippen LogP contribution in [0.15, 0.2) is 35.5 Å². The first-order valence-electron chi connectivity index (χ1n) is 6.20. The molecule has 0 unspecified atom stereocenters. The highest BCUT2D eigenvalue weighted by atomic mass is 16.5. The number of carbonyl (C=O) groups excluding carboxylic acids is 3. The van der Waals surface area contributed by atoms with Crippen LogP contribution in [0.2, 0.25) is 0 Å². The Morgan fingerprint density at radius 2 is 1.86 bits per heavy atom. The SMILES string of the molecule is COC(=O)c1ccc([C@H]2NC(=O)NC(C)=C2C(N)=O)cc1. The Balaban J connectivity index is 2.39. The van der Waals surface area contributed by atoms with Crippen molar-refractivity contribution in [1.82, 2.24) is 10.6 Å². The molecule has 2 rings (SSSR count). The van der Waals surface area contributed by atoms with E-state index in [0.717, 1.165) is 0 Å². The third-order valence-electron chi connectivity index (χ3n) is 3.20. The number of amides is 3. The Labute approximate surface area is 121 Å². The van der Waals surface area contributed by atoms with Crippen LogP contribution in [-0.2, 0) is 9.53 Å². The second-order valence-corrected chi connectivity index (χ2v) is 4.55. The number of allylic oxidation sites excluding steroid dienone is 1. The van der Waals surface area contributed by atoms with Gasteiger partial charge in [0.05, 0.1) is 24.3 Å². The highest BCUT2D eigenvalue weighted by molar-refractivity contribution is 5.97. The number of hydrogen-bond donors (Lipinski definition) is 3. The summed E-state index contributed by atoms with van der Waals surface area (Å²) in [6.07, 6.45) is 0. The number of methoxy groups -OCH3 is 1. The van der Waals surface area contributed by atoms with Crippen LogP contribution in [0.1, 0.15) is 28.9 Å². The van der Waals surface area contributed by atoms with Gasteiger partial charge in [0.1, 0.15) is 0 Å². The second-order valence-electron chi connectivity index (χ2n) is 4.55. The van der Waals surface area contributed by atoms with Crippen LogP contribution < -0.4 is 16.4 Å². The lowest BCUT2D eigenvalue weighted by molar-refractivity contribution is -0.115. The second kappa shape index (κ2) is 5.66. The molecule has 0 saturated heterocycles. The molecule has 1 heterocycles. The molecule has 1 aliphatic rings. The molecule has 7 heteroatoms. The number of urea groups is 1. The minimum absolute atomic E-state index is 0.278. The molecule has 21 heavy (non-hydrogen) atoms. The number of nitrogens with two attached hydrogens (primary N) is 1. The Kier molecular flexibility index (Phi) is 3.93. The number of rotatable bonds is 3. The van der Waals surface area contributed by atoms with Crippen molar-refractivity contribution in [2.45, 2.75) is 13.0 Å². The van der Waals surface area contributed by atoms with Crippen molar-refractivity contribution in [2.75, 3.05) is 7.11 Å². The summed E-state index contributed by atoms with van der Waals surface area (Å²) in [6.45, 7) is 1.61. The van der Waals surface area contributed by atoms with Crippen LogP contribution in [-0.4, -0.2) is 25.0 Å². The minimum atomic E-state index is -0.650. The van der Waals surface area contributed by atoms with E-state index in [2.05, 4.69) is 15.4 Å². The van der Waals surface area contributed by atoms with Crippen molar-refractivity contribution in [1.29, 1.82) is 0 Å². The van der Waals surface area contributed by atoms with Crippen LogP contribution in [0, 0.1) is 0 Å². The molecule has 0 radical (unpaired) electrons. The van der Waals surface area contributed by atoms with Crippen molar-refractivity contribution in [3.63, 3.8) is 0 Å². The highest BCUT2D eigenvalue weighted by Gasteiger charge is 2.29. The normalized spacial score (nSPS) is 17.8. The molecule has 0 fully saturated rings. The van der Waals surface area contributed by atoms with Crippen LogP contribution in [0.5, 0.6) is 0 Å². The molecule has 4 N–H and O–H groups in total. The zero-order chi connectivity index (χ0) is 15.6. The Morgan fingerprint density at radius 3 is 2.38 bits per heavy atom. The molecule has 110 valence electrons. The standard InChI is InChI=1S/C14H15N3O4/c1-7-10(12(15)18)11(17-14(20)16-7)8-3-5-9(6-4-8)13(19)21-2/h3-6,11H,1-2H3,(H2,15,18)(H2,16,17,20)/t11-/m1/s1. The van der Waals surface area contributed by atoms with Crippen LogP contribution in [0.25, 0.3) is 0 Å². The number of benzene rings is 1. The predicted molar refractivity (Wildman–Crippen MR) is 74.1 cm³/mol. The molecule has 1 aliphatic heterocycles. The smallest absolute Gasteiger partial charge is 0.337 e. The van der Waals surface area contributed by atoms with Gasteiger partial charge in [-0.3, -0.25) is 4.79 Å². The van der Waals surface area contributed by atoms with Gasteiger partial charge in [-0.05, 0) is 24.6 Å². The Morgan fingerprint density at radius 1 is 1.24 bits per heavy atom. The fourth-order valence-corrected chi connectivity index (χ4v) is 2.20. The molecular weight excluding hydrogens is 274 g/mol. The van der Waals surface area contributed by atoms with Gasteiger partial charge in [0.15, 0.2) is 0 Å². The maximum atomic E-state index is 11.6. The number of hydrogen-bond acceptors (Lipinski definition) is 4. The molecule has 0 bridgehead atoms. The van der Waals surface area contributed by atoms with Gasteiger partial charge >= 0.3 is 12.0 Å². The molecule has 1 aromatic carbocycles. The Hall–Kier alpha value is -2.83. The number of carbonyl (C=O) groups is 3. The first kappa shape index (κ1) is 14.6. The molecular formula is C14H15N3O4. The maximum Gasteiger partial charge on any atom is 0.337 e. The lowest BCUT2D eigenvalue weighted by atomic mass is 9.94. The van der Waals surface area contributed by atoms with Crippen molar-refractivity contribution < 1.29 is 19.1 Å². The summed E-state index contributed by atoms with van der Waals surface area (Å²) in [5.74, 6) is -1.08. The third kappa shape index (κ3) is 2.86. The van der Waals surface area contributed by atoms with Crippen molar-refractivity contribution in [3.8, 4) is 0 Å². The number of nitrogens with one attached hydrogen (secondary N) is 2. The number of primary amides is 1. The summed E-state index contributed by atoms with van der Waals surface area (Å²) in [7, 11) is 1.29. The van der Waals surface area contributed by atoms with E-state index in [1.165, 1.54) is 7.11 Å². The average molecular weight is 289 g/mol. The summed E-state index contributed by atoms with van der Waals surface area (Å²) in [6, 6.07) is 5.33. The van der Waals surface area contributed by atoms with E-state index in [4.69, 9.17) is 5.73 Å². The van der Waals surface area contributed by atoms with Gasteiger partial charge in [0.25, 0.3) is 0 Å². The van der Waals surface area contributed by atoms with E-state index in [-0.39, 0.29) is 5.57 Å². The van der Waals surface area contributed by atoms with E-state index >= 15 is 0 Å². The van der Waals surface area contributed by atoms with Gasteiger partial charge in [-0.15, -0.1) is 0 Å². The number of ether oxygens (including phenoxy) is 1. The van der Waals surface area contributed by atoms with Crippen LogP contribution >= 0.6 is 0 Å². The molecule has 1 atom stereocenters. The van der Waals surface area contributed by atoms with Crippen molar-refractivity contribution in [3.05, 3.63) is 46.7 Å². The summed E-state index contributed by atoms with van der Waals surface area (Å²) < 4.78 is 4.61. The zero-order valence-electron chi connectivity index (χ0n) is 11.6. The zero-order valence-corrected chi connectivity index (χ0v) is 11.6. The lowest BCUT2D eigenvalue weighted by Crippen LogP contribution is -2.46. The van der Waals surface area contributed by atoms with E-state index in [9.17, 15) is 14.4 Å². The van der Waals surface area contributed by atoms with E-state index in [1.54, 1.807) is 31.2 Å². The molecule has 0 saturated carbocycles. The molecule has 0 spiro atoms. The maximum absolute atomic E-state index is 11.6. The van der Waals surface area contributed by atoms with Gasteiger partial charge in [0, 0.05) is 5.70 Å². The van der Waals surface area contributed by atoms with Crippen LogP contribution in [0.3, 0.4) is 0 Å². The summed E-state index contributed by atoms with van der Waals surface area (Å²) >= 11 is 0. The van der Waals surface area contributed by atoms with Crippen LogP contribution in [0.4, 0.5) is 4.79 Å². The first-order valence-corrected chi connectivity index (χ1v) is 6.20. The fraction of sp³-hybridized carbons (Fsp3) is 0.214. The van der Waals surface area contributed by atoms with Gasteiger partial charge < -0.3 is 21.1 Å². The van der Waals surface area contributed by atoms with Gasteiger partial charge in [-0.25, -0.2) is 9.59 Å². The van der Waals surface area contributed by atoms with Gasteiger partial charge in [-0.2, -0.15) is 0 Å². The van der Waals surface area contributed by atoms with Gasteiger partial charge in [0.2, 0.25) is 5.91 Å². The molecule has 0 aliphatic carbocycles. The van der Waals surface area contributed by atoms with Crippen molar-refractivity contribution in [2.24, 2.45) is 5.73 Å². The summed E-state index contributed by atoms with van der Waals surface area (Å²) in [5, 5.41) is 5.14. The first-order chi connectivity index (χ1) is 9.93. The molecule has 7 nitrogen and oxygen atoms in total. The quantitative estimate of drug-likeness (QED) is 0.707. The molecule has 3 amide bonds. The predicted octanol–water partition coefficient (Wildman–Crippen LogP) is 0.586. The topological polar surface area (TPSA) is 111 Å². The van der Waals surface area contributed by atoms with E-state index in [1.807, 2.05) is 0 Å². The Bertz CT molecular complexity index is 634. The van der Waals surface area contributed by atoms with E-state index in [0.29, 0.717) is 16.8 Å². The lowest BCUT2D eigenvalue weighted by Gasteiger charge is -2.27. The summed E-state index contributed by atoms with van der Waals surface area (Å²) in [4.78, 5) is 34.5. The van der Waals surface area contributed by atoms with Gasteiger partial charge in [-0.1, -0.05) is 12.1 Å². The average Bonchev–Trinajstić information content (AvgIpc) is 2.45. The molecule has 0 aromatic heterocycles. The summed E-state index contributed by atoms with van der Waals surface area (Å²) in [5.41, 5.74) is 7.08. The van der Waals surface area contributed by atoms with E-state index < -0.39 is 23.9 Å². The number of esters is 1. The minimum Gasteiger partial charge on any atom is -0.465 e. The largest absolute Gasteiger partial charge is 0.465 e. The fourth-order valence-electron chi connectivity index (χ4n) is 2.20. The third-order valence-corrected chi connectivity index (χ3v) is 3.20. The highest BCUT2D eigenvalue weighted by Crippen LogP contribution is 2.26.